The van der Waals surface area contributed by atoms with Crippen LogP contribution < -0.4 is 19.6 Å². The number of nitrogens with zero attached hydrogens (tertiary/aromatic N) is 1. The Bertz CT molecular complexity index is 1450. The molecule has 1 amide bonds. The lowest BCUT2D eigenvalue weighted by molar-refractivity contribution is -0.129. The number of carbonyl (C=O) groups excluding carboxylic acids is 2. The molecule has 0 aliphatic heterocycles. The molecule has 0 bridgehead atoms. The predicted octanol–water partition coefficient (Wildman–Crippen LogP) is 5.38. The molecular weight excluding hydrogens is 468 g/mol. The van der Waals surface area contributed by atoms with E-state index in [2.05, 4.69) is 10.5 Å². The summed E-state index contributed by atoms with van der Waals surface area (Å²) in [7, 11) is 1.47. The number of hydrogen-bond donors (Lipinski definition) is 1. The zero-order valence-corrected chi connectivity index (χ0v) is 20.5. The lowest BCUT2D eigenvalue weighted by atomic mass is 10.1. The zero-order chi connectivity index (χ0) is 26.0. The molecule has 0 fully saturated rings. The molecule has 37 heavy (non-hydrogen) atoms. The third kappa shape index (κ3) is 7.05. The van der Waals surface area contributed by atoms with E-state index in [1.807, 2.05) is 72.8 Å². The highest BCUT2D eigenvalue weighted by Gasteiger charge is 2.14. The van der Waals surface area contributed by atoms with Crippen molar-refractivity contribution < 1.29 is 23.8 Å². The highest BCUT2D eigenvalue weighted by molar-refractivity contribution is 5.90. The molecule has 0 spiro atoms. The molecule has 1 atom stereocenters. The highest BCUT2D eigenvalue weighted by atomic mass is 16.6. The van der Waals surface area contributed by atoms with Gasteiger partial charge in [0, 0.05) is 6.08 Å². The van der Waals surface area contributed by atoms with Crippen molar-refractivity contribution in [3.05, 3.63) is 108 Å². The van der Waals surface area contributed by atoms with Gasteiger partial charge in [-0.2, -0.15) is 5.10 Å². The Hall–Kier alpha value is -4.91. The second kappa shape index (κ2) is 12.2. The van der Waals surface area contributed by atoms with Crippen LogP contribution in [-0.4, -0.2) is 31.3 Å². The van der Waals surface area contributed by atoms with E-state index < -0.39 is 18.0 Å². The van der Waals surface area contributed by atoms with E-state index in [0.29, 0.717) is 17.1 Å². The summed E-state index contributed by atoms with van der Waals surface area (Å²) >= 11 is 0. The Morgan fingerprint density at radius 2 is 1.59 bits per heavy atom. The average molecular weight is 495 g/mol. The van der Waals surface area contributed by atoms with Crippen molar-refractivity contribution in [2.24, 2.45) is 5.10 Å². The van der Waals surface area contributed by atoms with Crippen LogP contribution in [0.3, 0.4) is 0 Å². The van der Waals surface area contributed by atoms with Gasteiger partial charge in [-0.15, -0.1) is 0 Å². The van der Waals surface area contributed by atoms with Crippen molar-refractivity contribution in [1.82, 2.24) is 5.43 Å². The summed E-state index contributed by atoms with van der Waals surface area (Å²) in [5.74, 6) is 0.288. The molecule has 0 radical (unpaired) electrons. The first-order valence-corrected chi connectivity index (χ1v) is 11.6. The fraction of sp³-hybridized carbons (Fsp3) is 0.100. The van der Waals surface area contributed by atoms with E-state index >= 15 is 0 Å². The summed E-state index contributed by atoms with van der Waals surface area (Å²) in [5, 5.41) is 6.13. The topological polar surface area (TPSA) is 86.2 Å². The van der Waals surface area contributed by atoms with Crippen molar-refractivity contribution in [2.45, 2.75) is 13.0 Å². The number of nitrogens with one attached hydrogen (secondary N) is 1. The monoisotopic (exact) mass is 494 g/mol. The van der Waals surface area contributed by atoms with Crippen LogP contribution in [0.5, 0.6) is 17.2 Å². The summed E-state index contributed by atoms with van der Waals surface area (Å²) in [5.41, 5.74) is 4.00. The molecule has 7 nitrogen and oxygen atoms in total. The maximum Gasteiger partial charge on any atom is 0.336 e. The number of carbonyl (C=O) groups is 2. The minimum absolute atomic E-state index is 0.267. The number of benzene rings is 4. The Balaban J connectivity index is 1.32. The summed E-state index contributed by atoms with van der Waals surface area (Å²) in [6, 6.07) is 27.9. The third-order valence-corrected chi connectivity index (χ3v) is 5.40. The Kier molecular flexibility index (Phi) is 8.29. The molecular formula is C30H26N2O5. The van der Waals surface area contributed by atoms with Crippen molar-refractivity contribution in [3.8, 4) is 17.2 Å². The lowest BCUT2D eigenvalue weighted by Crippen LogP contribution is -2.33. The number of amides is 1. The van der Waals surface area contributed by atoms with E-state index in [0.717, 1.165) is 16.3 Å². The van der Waals surface area contributed by atoms with E-state index in [-0.39, 0.29) is 5.75 Å². The Morgan fingerprint density at radius 3 is 2.38 bits per heavy atom. The second-order valence-corrected chi connectivity index (χ2v) is 8.08. The van der Waals surface area contributed by atoms with Crippen LogP contribution in [0.15, 0.2) is 102 Å². The molecule has 4 aromatic carbocycles. The van der Waals surface area contributed by atoms with Crippen molar-refractivity contribution >= 4 is 34.9 Å². The van der Waals surface area contributed by atoms with Gasteiger partial charge in [-0.05, 0) is 65.2 Å². The molecule has 0 saturated carbocycles. The maximum atomic E-state index is 12.4. The maximum absolute atomic E-state index is 12.4. The number of esters is 1. The largest absolute Gasteiger partial charge is 0.493 e. The van der Waals surface area contributed by atoms with Crippen LogP contribution in [0.2, 0.25) is 0 Å². The minimum Gasteiger partial charge on any atom is -0.493 e. The van der Waals surface area contributed by atoms with Crippen molar-refractivity contribution in [1.29, 1.82) is 0 Å². The van der Waals surface area contributed by atoms with Crippen LogP contribution >= 0.6 is 0 Å². The number of hydrogen-bond acceptors (Lipinski definition) is 6. The quantitative estimate of drug-likeness (QED) is 0.111. The first-order valence-electron chi connectivity index (χ1n) is 11.6. The molecule has 4 rings (SSSR count). The minimum atomic E-state index is -0.751. The van der Waals surface area contributed by atoms with Gasteiger partial charge in [-0.3, -0.25) is 4.79 Å². The van der Waals surface area contributed by atoms with Gasteiger partial charge in [0.15, 0.2) is 17.6 Å². The van der Waals surface area contributed by atoms with Gasteiger partial charge in [0.2, 0.25) is 0 Å². The van der Waals surface area contributed by atoms with Gasteiger partial charge < -0.3 is 14.2 Å². The summed E-state index contributed by atoms with van der Waals surface area (Å²) in [6.45, 7) is 1.65. The molecule has 1 N–H and O–H groups in total. The predicted molar refractivity (Wildman–Crippen MR) is 144 cm³/mol. The molecule has 0 aromatic heterocycles. The van der Waals surface area contributed by atoms with Gasteiger partial charge in [0.25, 0.3) is 5.91 Å². The Morgan fingerprint density at radius 1 is 0.838 bits per heavy atom. The lowest BCUT2D eigenvalue weighted by Gasteiger charge is -2.13. The van der Waals surface area contributed by atoms with Gasteiger partial charge in [-0.1, -0.05) is 60.7 Å². The number of hydrazone groups is 1. The third-order valence-electron chi connectivity index (χ3n) is 5.40. The van der Waals surface area contributed by atoms with E-state index in [4.69, 9.17) is 14.2 Å². The van der Waals surface area contributed by atoms with Gasteiger partial charge in [-0.25, -0.2) is 10.2 Å². The molecule has 0 unspecified atom stereocenters. The van der Waals surface area contributed by atoms with Gasteiger partial charge >= 0.3 is 5.97 Å². The fourth-order valence-corrected chi connectivity index (χ4v) is 3.48. The number of methoxy groups -OCH3 is 1. The van der Waals surface area contributed by atoms with Crippen LogP contribution in [-0.2, 0) is 9.59 Å². The van der Waals surface area contributed by atoms with Gasteiger partial charge in [0.1, 0.15) is 5.75 Å². The molecule has 7 heteroatoms. The normalized spacial score (nSPS) is 11.9. The van der Waals surface area contributed by atoms with Crippen molar-refractivity contribution in [2.75, 3.05) is 7.11 Å². The standard InChI is InChI=1S/C30H26N2O5/c1-21(36-26-15-14-24-10-6-7-11-25(24)19-26)30(34)32-31-20-23-12-16-27(28(18-23)35-2)37-29(33)17-13-22-8-4-3-5-9-22/h3-21H,1-2H3,(H,32,34)/b17-13+,31-20-/t21-/m0/s1. The second-order valence-electron chi connectivity index (χ2n) is 8.08. The van der Waals surface area contributed by atoms with Crippen LogP contribution in [0, 0.1) is 0 Å². The molecule has 0 aliphatic carbocycles. The Labute approximate surface area is 215 Å². The first-order chi connectivity index (χ1) is 18.0. The molecule has 186 valence electrons. The number of ether oxygens (including phenoxy) is 3. The van der Waals surface area contributed by atoms with Crippen LogP contribution in [0.1, 0.15) is 18.1 Å². The summed E-state index contributed by atoms with van der Waals surface area (Å²) in [4.78, 5) is 24.6. The summed E-state index contributed by atoms with van der Waals surface area (Å²) < 4.78 is 16.5. The fourth-order valence-electron chi connectivity index (χ4n) is 3.48. The van der Waals surface area contributed by atoms with E-state index in [9.17, 15) is 9.59 Å². The number of fused-ring (bicyclic) bond motifs is 1. The van der Waals surface area contributed by atoms with E-state index in [1.165, 1.54) is 19.4 Å². The SMILES string of the molecule is COc1cc(/C=N\NC(=O)[C@H](C)Oc2ccc3ccccc3c2)ccc1OC(=O)/C=C/c1ccccc1. The smallest absolute Gasteiger partial charge is 0.336 e. The van der Waals surface area contributed by atoms with Gasteiger partial charge in [0.05, 0.1) is 13.3 Å². The van der Waals surface area contributed by atoms with Crippen LogP contribution in [0.4, 0.5) is 0 Å². The summed E-state index contributed by atoms with van der Waals surface area (Å²) in [6.07, 6.45) is 3.73. The average Bonchev–Trinajstić information content (AvgIpc) is 2.93. The molecule has 0 aliphatic rings. The van der Waals surface area contributed by atoms with Crippen molar-refractivity contribution in [3.63, 3.8) is 0 Å². The highest BCUT2D eigenvalue weighted by Crippen LogP contribution is 2.28. The zero-order valence-electron chi connectivity index (χ0n) is 20.5. The molecule has 4 aromatic rings. The van der Waals surface area contributed by atoms with E-state index in [1.54, 1.807) is 31.2 Å². The molecule has 0 heterocycles. The first kappa shape index (κ1) is 25.2. The number of rotatable bonds is 9. The molecule has 0 saturated heterocycles. The van der Waals surface area contributed by atoms with Crippen LogP contribution in [0.25, 0.3) is 16.8 Å².